The number of nitrogens with one attached hydrogen (secondary N) is 1. The monoisotopic (exact) mass is 230 g/mol. The molecule has 4 nitrogen and oxygen atoms in total. The number of hydrogen-bond donors (Lipinski definition) is 1. The zero-order valence-corrected chi connectivity index (χ0v) is 9.53. The number of nitrogens with zero attached hydrogens (tertiary/aromatic N) is 1. The lowest BCUT2D eigenvalue weighted by Gasteiger charge is -2.05. The molecule has 0 unspecified atom stereocenters. The average molecular weight is 230 g/mol. The first kappa shape index (κ1) is 11.6. The van der Waals surface area contributed by atoms with Crippen LogP contribution >= 0.6 is 0 Å². The summed E-state index contributed by atoms with van der Waals surface area (Å²) in [5, 5.41) is 11.2. The van der Waals surface area contributed by atoms with E-state index in [0.717, 1.165) is 11.1 Å². The number of rotatable bonds is 4. The Morgan fingerprint density at radius 1 is 1.41 bits per heavy atom. The van der Waals surface area contributed by atoms with Gasteiger partial charge in [-0.15, -0.1) is 0 Å². The maximum Gasteiger partial charge on any atom is 0.251 e. The van der Waals surface area contributed by atoms with E-state index < -0.39 is 0 Å². The lowest BCUT2D eigenvalue weighted by atomic mass is 10.1. The van der Waals surface area contributed by atoms with Gasteiger partial charge in [0.15, 0.2) is 0 Å². The molecule has 1 N–H and O–H groups in total. The Hall–Kier alpha value is -1.86. The van der Waals surface area contributed by atoms with Crippen molar-refractivity contribution in [1.29, 1.82) is 5.26 Å². The van der Waals surface area contributed by atoms with Crippen molar-refractivity contribution in [1.82, 2.24) is 5.32 Å². The van der Waals surface area contributed by atoms with E-state index in [2.05, 4.69) is 5.32 Å². The number of ether oxygens (including phenoxy) is 1. The summed E-state index contributed by atoms with van der Waals surface area (Å²) < 4.78 is 5.29. The van der Waals surface area contributed by atoms with Gasteiger partial charge in [0.25, 0.3) is 5.91 Å². The smallest absolute Gasteiger partial charge is 0.251 e. The van der Waals surface area contributed by atoms with Gasteiger partial charge in [-0.3, -0.25) is 4.79 Å². The fraction of sp³-hybridized carbons (Fsp3) is 0.385. The third-order valence-electron chi connectivity index (χ3n) is 2.73. The van der Waals surface area contributed by atoms with Crippen molar-refractivity contribution in [3.8, 4) is 6.07 Å². The lowest BCUT2D eigenvalue weighted by molar-refractivity contribution is 0.0953. The van der Waals surface area contributed by atoms with Crippen molar-refractivity contribution in [3.63, 3.8) is 0 Å². The average Bonchev–Trinajstić information content (AvgIpc) is 2.81. The summed E-state index contributed by atoms with van der Waals surface area (Å²) in [7, 11) is 0. The van der Waals surface area contributed by atoms with Crippen LogP contribution in [0.15, 0.2) is 18.2 Å². The number of unbranched alkanes of at least 4 members (excludes halogenated alkanes) is 1. The highest BCUT2D eigenvalue weighted by molar-refractivity contribution is 5.94. The van der Waals surface area contributed by atoms with E-state index in [1.807, 2.05) is 24.3 Å². The van der Waals surface area contributed by atoms with Crippen LogP contribution in [0.3, 0.4) is 0 Å². The fourth-order valence-corrected chi connectivity index (χ4v) is 1.78. The number of fused-ring (bicyclic) bond motifs is 1. The molecule has 1 aromatic rings. The van der Waals surface area contributed by atoms with E-state index in [0.29, 0.717) is 38.2 Å². The summed E-state index contributed by atoms with van der Waals surface area (Å²) in [4.78, 5) is 11.8. The maximum absolute atomic E-state index is 11.8. The minimum absolute atomic E-state index is 0.0855. The molecule has 1 aliphatic rings. The molecule has 0 fully saturated rings. The number of benzene rings is 1. The first-order valence-corrected chi connectivity index (χ1v) is 5.66. The SMILES string of the molecule is N#CCCCNC(=O)c1ccc2c(c1)COC2. The Morgan fingerprint density at radius 2 is 2.24 bits per heavy atom. The molecule has 0 spiro atoms. The summed E-state index contributed by atoms with van der Waals surface area (Å²) in [6.07, 6.45) is 1.16. The van der Waals surface area contributed by atoms with Gasteiger partial charge in [-0.05, 0) is 29.7 Å². The molecule has 0 aromatic heterocycles. The van der Waals surface area contributed by atoms with Crippen LogP contribution in [0.25, 0.3) is 0 Å². The van der Waals surface area contributed by atoms with Crippen molar-refractivity contribution in [2.24, 2.45) is 0 Å². The van der Waals surface area contributed by atoms with E-state index in [4.69, 9.17) is 10.00 Å². The van der Waals surface area contributed by atoms with Gasteiger partial charge in [0.2, 0.25) is 0 Å². The second-order valence-electron chi connectivity index (χ2n) is 3.99. The van der Waals surface area contributed by atoms with Gasteiger partial charge in [0, 0.05) is 18.5 Å². The van der Waals surface area contributed by atoms with Gasteiger partial charge in [-0.2, -0.15) is 5.26 Å². The minimum Gasteiger partial charge on any atom is -0.372 e. The number of amides is 1. The molecule has 17 heavy (non-hydrogen) atoms. The molecule has 0 aliphatic carbocycles. The summed E-state index contributed by atoms with van der Waals surface area (Å²) in [6.45, 7) is 1.77. The van der Waals surface area contributed by atoms with Crippen LogP contribution in [0, 0.1) is 11.3 Å². The van der Waals surface area contributed by atoms with Gasteiger partial charge >= 0.3 is 0 Å². The molecule has 0 atom stereocenters. The van der Waals surface area contributed by atoms with Crippen LogP contribution in [0.4, 0.5) is 0 Å². The highest BCUT2D eigenvalue weighted by Crippen LogP contribution is 2.20. The molecular formula is C13H14N2O2. The fourth-order valence-electron chi connectivity index (χ4n) is 1.78. The van der Waals surface area contributed by atoms with E-state index in [9.17, 15) is 4.79 Å². The van der Waals surface area contributed by atoms with Crippen molar-refractivity contribution >= 4 is 5.91 Å². The Bertz CT molecular complexity index is 463. The van der Waals surface area contributed by atoms with E-state index in [-0.39, 0.29) is 5.91 Å². The molecule has 4 heteroatoms. The summed E-state index contributed by atoms with van der Waals surface area (Å²) in [5.74, 6) is -0.0855. The number of carbonyl (C=O) groups excluding carboxylic acids is 1. The van der Waals surface area contributed by atoms with Crippen LogP contribution in [0.1, 0.15) is 34.3 Å². The number of nitriles is 1. The van der Waals surface area contributed by atoms with Gasteiger partial charge < -0.3 is 10.1 Å². The topological polar surface area (TPSA) is 62.1 Å². The van der Waals surface area contributed by atoms with Crippen LogP contribution in [0.2, 0.25) is 0 Å². The molecule has 0 saturated carbocycles. The highest BCUT2D eigenvalue weighted by atomic mass is 16.5. The van der Waals surface area contributed by atoms with Crippen LogP contribution in [-0.2, 0) is 18.0 Å². The Morgan fingerprint density at radius 3 is 3.06 bits per heavy atom. The first-order valence-electron chi connectivity index (χ1n) is 5.66. The molecule has 1 amide bonds. The van der Waals surface area contributed by atoms with Crippen molar-refractivity contribution in [2.45, 2.75) is 26.1 Å². The Kier molecular flexibility index (Phi) is 3.73. The lowest BCUT2D eigenvalue weighted by Crippen LogP contribution is -2.24. The van der Waals surface area contributed by atoms with Gasteiger partial charge in [-0.1, -0.05) is 6.07 Å². The summed E-state index contributed by atoms with van der Waals surface area (Å²) >= 11 is 0. The van der Waals surface area contributed by atoms with Crippen molar-refractivity contribution in [3.05, 3.63) is 34.9 Å². The summed E-state index contributed by atoms with van der Waals surface area (Å²) in [5.41, 5.74) is 2.91. The molecule has 1 aliphatic heterocycles. The van der Waals surface area contributed by atoms with Gasteiger partial charge in [0.1, 0.15) is 0 Å². The second kappa shape index (κ2) is 5.46. The maximum atomic E-state index is 11.8. The Labute approximate surface area is 100 Å². The van der Waals surface area contributed by atoms with Crippen LogP contribution < -0.4 is 5.32 Å². The quantitative estimate of drug-likeness (QED) is 0.801. The molecule has 0 saturated heterocycles. The van der Waals surface area contributed by atoms with E-state index in [1.54, 1.807) is 0 Å². The zero-order chi connectivity index (χ0) is 12.1. The zero-order valence-electron chi connectivity index (χ0n) is 9.53. The van der Waals surface area contributed by atoms with E-state index in [1.165, 1.54) is 0 Å². The largest absolute Gasteiger partial charge is 0.372 e. The van der Waals surface area contributed by atoms with Crippen LogP contribution in [-0.4, -0.2) is 12.5 Å². The molecule has 0 radical (unpaired) electrons. The predicted molar refractivity (Wildman–Crippen MR) is 62.1 cm³/mol. The molecule has 1 heterocycles. The van der Waals surface area contributed by atoms with E-state index >= 15 is 0 Å². The van der Waals surface area contributed by atoms with Crippen molar-refractivity contribution < 1.29 is 9.53 Å². The summed E-state index contributed by atoms with van der Waals surface area (Å²) in [6, 6.07) is 7.67. The third kappa shape index (κ3) is 2.83. The van der Waals surface area contributed by atoms with Crippen molar-refractivity contribution in [2.75, 3.05) is 6.54 Å². The van der Waals surface area contributed by atoms with Crippen LogP contribution in [0.5, 0.6) is 0 Å². The third-order valence-corrected chi connectivity index (χ3v) is 2.73. The molecular weight excluding hydrogens is 216 g/mol. The minimum atomic E-state index is -0.0855. The first-order chi connectivity index (χ1) is 8.31. The van der Waals surface area contributed by atoms with Gasteiger partial charge in [-0.25, -0.2) is 0 Å². The van der Waals surface area contributed by atoms with Gasteiger partial charge in [0.05, 0.1) is 19.3 Å². The normalized spacial score (nSPS) is 12.9. The predicted octanol–water partition coefficient (Wildman–Crippen LogP) is 1.75. The molecule has 88 valence electrons. The molecule has 0 bridgehead atoms. The second-order valence-corrected chi connectivity index (χ2v) is 3.99. The number of hydrogen-bond acceptors (Lipinski definition) is 3. The standard InChI is InChI=1S/C13H14N2O2/c14-5-1-2-6-15-13(16)10-3-4-11-8-17-9-12(11)7-10/h3-4,7H,1-2,6,8-9H2,(H,15,16). The number of carbonyl (C=O) groups is 1. The Balaban J connectivity index is 1.93. The molecule has 1 aromatic carbocycles. The molecule has 2 rings (SSSR count). The highest BCUT2D eigenvalue weighted by Gasteiger charge is 2.13.